The Labute approximate surface area is 200 Å². The highest BCUT2D eigenvalue weighted by molar-refractivity contribution is 9.10. The van der Waals surface area contributed by atoms with E-state index in [1.807, 2.05) is 23.1 Å². The number of benzene rings is 1. The number of fused-ring (bicyclic) bond motifs is 1. The molecule has 0 saturated carbocycles. The molecule has 2 unspecified atom stereocenters. The van der Waals surface area contributed by atoms with Gasteiger partial charge in [0, 0.05) is 35.7 Å². The van der Waals surface area contributed by atoms with Crippen molar-refractivity contribution < 1.29 is 19.1 Å². The van der Waals surface area contributed by atoms with Crippen LogP contribution in [0.15, 0.2) is 52.1 Å². The highest BCUT2D eigenvalue weighted by Gasteiger charge is 2.31. The summed E-state index contributed by atoms with van der Waals surface area (Å²) >= 11 is 4.71. The molecule has 1 saturated heterocycles. The minimum atomic E-state index is -0.177. The van der Waals surface area contributed by atoms with Crippen LogP contribution >= 0.6 is 27.7 Å². The molecule has 0 radical (unpaired) electrons. The molecule has 1 aromatic carbocycles. The molecule has 1 fully saturated rings. The summed E-state index contributed by atoms with van der Waals surface area (Å²) < 4.78 is 7.57. The molecule has 2 amide bonds. The second-order valence-electron chi connectivity index (χ2n) is 8.14. The van der Waals surface area contributed by atoms with E-state index in [0.29, 0.717) is 31.1 Å². The minimum absolute atomic E-state index is 0.0373. The number of hydrogen-bond acceptors (Lipinski definition) is 5. The number of carbonyl (C=O) groups excluding carboxylic acids is 2. The fourth-order valence-electron chi connectivity index (χ4n) is 4.17. The first-order valence-corrected chi connectivity index (χ1v) is 12.6. The molecule has 170 valence electrons. The summed E-state index contributed by atoms with van der Waals surface area (Å²) in [5.41, 5.74) is 1.05. The van der Waals surface area contributed by atoms with Crippen LogP contribution in [0.3, 0.4) is 0 Å². The van der Waals surface area contributed by atoms with Crippen molar-refractivity contribution in [3.8, 4) is 5.75 Å². The lowest BCUT2D eigenvalue weighted by Gasteiger charge is -2.30. The molecule has 0 spiro atoms. The summed E-state index contributed by atoms with van der Waals surface area (Å²) in [7, 11) is 0. The largest absolute Gasteiger partial charge is 0.618 e. The van der Waals surface area contributed by atoms with Crippen molar-refractivity contribution in [1.82, 2.24) is 10.2 Å². The van der Waals surface area contributed by atoms with Gasteiger partial charge in [-0.2, -0.15) is 4.73 Å². The van der Waals surface area contributed by atoms with E-state index in [1.165, 1.54) is 18.0 Å². The number of nitrogens with one attached hydrogen (secondary N) is 1. The van der Waals surface area contributed by atoms with Crippen LogP contribution in [0.4, 0.5) is 0 Å². The van der Waals surface area contributed by atoms with Gasteiger partial charge < -0.3 is 20.2 Å². The molecule has 32 heavy (non-hydrogen) atoms. The second-order valence-corrected chi connectivity index (χ2v) is 10.0. The summed E-state index contributed by atoms with van der Waals surface area (Å²) in [6, 6.07) is 11.1. The van der Waals surface area contributed by atoms with Crippen LogP contribution in [-0.2, 0) is 16.0 Å². The number of aromatic nitrogens is 1. The molecule has 1 N–H and O–H groups in total. The van der Waals surface area contributed by atoms with Gasteiger partial charge >= 0.3 is 0 Å². The standard InChI is InChI=1S/C23H26BrN3O4S/c24-18-6-7-20-16(13-18)12-17(14-31-20)23(29)26-9-3-4-19(8-11-26)25-21(28)15-32-22-5-1-2-10-27(22)30/h1-2,5-7,10,13,17,19H,3-4,8-9,11-12,14-15H2,(H,25,28). The van der Waals surface area contributed by atoms with Crippen LogP contribution in [0.1, 0.15) is 24.8 Å². The van der Waals surface area contributed by atoms with Crippen LogP contribution in [0.5, 0.6) is 5.75 Å². The Kier molecular flexibility index (Phi) is 7.57. The average molecular weight is 520 g/mol. The Bertz CT molecular complexity index is 989. The van der Waals surface area contributed by atoms with Gasteiger partial charge in [-0.1, -0.05) is 15.9 Å². The topological polar surface area (TPSA) is 85.6 Å². The van der Waals surface area contributed by atoms with E-state index in [9.17, 15) is 14.8 Å². The average Bonchev–Trinajstić information content (AvgIpc) is 3.03. The summed E-state index contributed by atoms with van der Waals surface area (Å²) in [5, 5.41) is 15.3. The van der Waals surface area contributed by atoms with E-state index in [1.54, 1.807) is 18.2 Å². The van der Waals surface area contributed by atoms with E-state index in [-0.39, 0.29) is 29.5 Å². The van der Waals surface area contributed by atoms with E-state index in [0.717, 1.165) is 39.8 Å². The smallest absolute Gasteiger partial charge is 0.251 e. The first-order chi connectivity index (χ1) is 15.5. The van der Waals surface area contributed by atoms with Crippen LogP contribution in [-0.4, -0.2) is 48.2 Å². The summed E-state index contributed by atoms with van der Waals surface area (Å²) in [6.07, 6.45) is 4.51. The van der Waals surface area contributed by atoms with Crippen LogP contribution in [0, 0.1) is 11.1 Å². The van der Waals surface area contributed by atoms with E-state index < -0.39 is 0 Å². The number of rotatable bonds is 5. The summed E-state index contributed by atoms with van der Waals surface area (Å²) in [6.45, 7) is 1.72. The third-order valence-corrected chi connectivity index (χ3v) is 7.33. The Morgan fingerprint density at radius 1 is 1.25 bits per heavy atom. The normalized spacial score (nSPS) is 20.6. The van der Waals surface area contributed by atoms with Gasteiger partial charge in [0.15, 0.2) is 6.20 Å². The zero-order valence-corrected chi connectivity index (χ0v) is 20.1. The first-order valence-electron chi connectivity index (χ1n) is 10.8. The van der Waals surface area contributed by atoms with Crippen molar-refractivity contribution in [2.45, 2.75) is 36.8 Å². The monoisotopic (exact) mass is 519 g/mol. The molecule has 7 nitrogen and oxygen atoms in total. The number of nitrogens with zero attached hydrogens (tertiary/aromatic N) is 2. The molecule has 9 heteroatoms. The number of halogens is 1. The van der Waals surface area contributed by atoms with Crippen molar-refractivity contribution in [1.29, 1.82) is 0 Å². The van der Waals surface area contributed by atoms with Crippen molar-refractivity contribution in [2.24, 2.45) is 5.92 Å². The number of amides is 2. The third-order valence-electron chi connectivity index (χ3n) is 5.82. The minimum Gasteiger partial charge on any atom is -0.618 e. The second kappa shape index (κ2) is 10.6. The quantitative estimate of drug-likeness (QED) is 0.373. The SMILES string of the molecule is O=C(CSc1cccc[n+]1[O-])NC1CCCN(C(=O)C2COc3ccc(Br)cc3C2)CC1. The van der Waals surface area contributed by atoms with Gasteiger partial charge in [0.2, 0.25) is 11.8 Å². The maximum Gasteiger partial charge on any atom is 0.251 e. The number of likely N-dealkylation sites (tertiary alicyclic amines) is 1. The lowest BCUT2D eigenvalue weighted by molar-refractivity contribution is -0.645. The Hall–Kier alpha value is -2.26. The Balaban J connectivity index is 1.26. The van der Waals surface area contributed by atoms with Crippen molar-refractivity contribution >= 4 is 39.5 Å². The molecule has 0 bridgehead atoms. The van der Waals surface area contributed by atoms with Gasteiger partial charge in [-0.25, -0.2) is 0 Å². The molecule has 0 aliphatic carbocycles. The van der Waals surface area contributed by atoms with Gasteiger partial charge in [0.25, 0.3) is 5.03 Å². The fourth-order valence-corrected chi connectivity index (χ4v) is 5.31. The Morgan fingerprint density at radius 3 is 2.97 bits per heavy atom. The van der Waals surface area contributed by atoms with Gasteiger partial charge in [-0.15, -0.1) is 0 Å². The highest BCUT2D eigenvalue weighted by atomic mass is 79.9. The summed E-state index contributed by atoms with van der Waals surface area (Å²) in [5.74, 6) is 0.907. The van der Waals surface area contributed by atoms with Crippen LogP contribution < -0.4 is 14.8 Å². The maximum atomic E-state index is 13.1. The van der Waals surface area contributed by atoms with Crippen molar-refractivity contribution in [3.05, 3.63) is 57.8 Å². The van der Waals surface area contributed by atoms with E-state index in [2.05, 4.69) is 21.2 Å². The van der Waals surface area contributed by atoms with Crippen molar-refractivity contribution in [2.75, 3.05) is 25.4 Å². The van der Waals surface area contributed by atoms with Gasteiger partial charge in [0.1, 0.15) is 12.4 Å². The van der Waals surface area contributed by atoms with Crippen molar-refractivity contribution in [3.63, 3.8) is 0 Å². The Morgan fingerprint density at radius 2 is 2.12 bits per heavy atom. The lowest BCUT2D eigenvalue weighted by Crippen LogP contribution is -2.42. The highest BCUT2D eigenvalue weighted by Crippen LogP contribution is 2.31. The summed E-state index contributed by atoms with van der Waals surface area (Å²) in [4.78, 5) is 27.4. The molecular formula is C23H26BrN3O4S. The number of carbonyl (C=O) groups is 2. The molecule has 3 heterocycles. The number of hydrogen-bond donors (Lipinski definition) is 1. The number of pyridine rings is 1. The van der Waals surface area contributed by atoms with E-state index >= 15 is 0 Å². The lowest BCUT2D eigenvalue weighted by atomic mass is 9.95. The maximum absolute atomic E-state index is 13.1. The number of thioether (sulfide) groups is 1. The van der Waals surface area contributed by atoms with Gasteiger partial charge in [0.05, 0.1) is 11.7 Å². The molecular weight excluding hydrogens is 494 g/mol. The molecule has 2 atom stereocenters. The van der Waals surface area contributed by atoms with Gasteiger partial charge in [-0.05, 0) is 67.3 Å². The first kappa shape index (κ1) is 22.9. The molecule has 1 aromatic heterocycles. The van der Waals surface area contributed by atoms with Crippen LogP contribution in [0.2, 0.25) is 0 Å². The fraction of sp³-hybridized carbons (Fsp3) is 0.435. The van der Waals surface area contributed by atoms with Gasteiger partial charge in [-0.3, -0.25) is 9.59 Å². The zero-order chi connectivity index (χ0) is 22.5. The predicted octanol–water partition coefficient (Wildman–Crippen LogP) is 2.92. The molecule has 2 aliphatic heterocycles. The number of ether oxygens (including phenoxy) is 1. The molecule has 4 rings (SSSR count). The van der Waals surface area contributed by atoms with Crippen LogP contribution in [0.25, 0.3) is 0 Å². The van der Waals surface area contributed by atoms with E-state index in [4.69, 9.17) is 4.74 Å². The zero-order valence-electron chi connectivity index (χ0n) is 17.7. The molecule has 2 aromatic rings. The predicted molar refractivity (Wildman–Crippen MR) is 125 cm³/mol. The molecule has 2 aliphatic rings. The third kappa shape index (κ3) is 5.75.